The first-order valence-electron chi connectivity index (χ1n) is 6.18. The van der Waals surface area contributed by atoms with Gasteiger partial charge in [0.25, 0.3) is 0 Å². The molecule has 4 nitrogen and oxygen atoms in total. The monoisotopic (exact) mass is 235 g/mol. The number of aromatic nitrogens is 1. The summed E-state index contributed by atoms with van der Waals surface area (Å²) in [6.07, 6.45) is 4.84. The molecule has 1 aromatic heterocycles. The highest BCUT2D eigenvalue weighted by atomic mass is 16.5. The zero-order chi connectivity index (χ0) is 12.1. The van der Waals surface area contributed by atoms with E-state index in [0.29, 0.717) is 18.5 Å². The van der Waals surface area contributed by atoms with Crippen molar-refractivity contribution >= 4 is 0 Å². The molecule has 0 spiro atoms. The van der Waals surface area contributed by atoms with Gasteiger partial charge in [-0.25, -0.2) is 0 Å². The van der Waals surface area contributed by atoms with Crippen LogP contribution in [0.3, 0.4) is 0 Å². The van der Waals surface area contributed by atoms with E-state index >= 15 is 0 Å². The van der Waals surface area contributed by atoms with Gasteiger partial charge in [0.05, 0.1) is 6.61 Å². The fourth-order valence-electron chi connectivity index (χ4n) is 2.49. The van der Waals surface area contributed by atoms with Crippen LogP contribution >= 0.6 is 0 Å². The lowest BCUT2D eigenvalue weighted by atomic mass is 9.97. The highest BCUT2D eigenvalue weighted by molar-refractivity contribution is 5.08. The van der Waals surface area contributed by atoms with Gasteiger partial charge in [0.1, 0.15) is 0 Å². The number of pyridine rings is 1. The van der Waals surface area contributed by atoms with E-state index in [1.807, 2.05) is 12.3 Å². The highest BCUT2D eigenvalue weighted by Crippen LogP contribution is 2.20. The molecule has 1 aliphatic heterocycles. The molecule has 1 saturated heterocycles. The van der Waals surface area contributed by atoms with E-state index in [1.165, 1.54) is 5.56 Å². The minimum absolute atomic E-state index is 0.401. The molecule has 94 valence electrons. The molecule has 2 unspecified atom stereocenters. The molecule has 1 aliphatic rings. The van der Waals surface area contributed by atoms with E-state index in [1.54, 1.807) is 6.20 Å². The highest BCUT2D eigenvalue weighted by Gasteiger charge is 2.27. The maximum Gasteiger partial charge on any atom is 0.0510 e. The molecule has 0 amide bonds. The summed E-state index contributed by atoms with van der Waals surface area (Å²) in [6, 6.07) is 4.47. The number of ether oxygens (including phenoxy) is 1. The second kappa shape index (κ2) is 6.10. The van der Waals surface area contributed by atoms with Crippen LogP contribution in [0.15, 0.2) is 24.5 Å². The van der Waals surface area contributed by atoms with Crippen LogP contribution in [-0.2, 0) is 11.3 Å². The van der Waals surface area contributed by atoms with Crippen LogP contribution < -0.4 is 5.73 Å². The van der Waals surface area contributed by atoms with E-state index in [4.69, 9.17) is 10.5 Å². The molecular weight excluding hydrogens is 214 g/mol. The van der Waals surface area contributed by atoms with Crippen LogP contribution in [0.1, 0.15) is 12.0 Å². The normalized spacial score (nSPS) is 21.9. The van der Waals surface area contributed by atoms with E-state index in [9.17, 15) is 0 Å². The van der Waals surface area contributed by atoms with E-state index in [2.05, 4.69) is 23.0 Å². The van der Waals surface area contributed by atoms with E-state index in [0.717, 1.165) is 26.2 Å². The number of hydrogen-bond acceptors (Lipinski definition) is 4. The van der Waals surface area contributed by atoms with Gasteiger partial charge in [0.15, 0.2) is 0 Å². The molecule has 0 aromatic carbocycles. The van der Waals surface area contributed by atoms with Crippen molar-refractivity contribution in [3.05, 3.63) is 30.1 Å². The van der Waals surface area contributed by atoms with Gasteiger partial charge in [0, 0.05) is 44.0 Å². The van der Waals surface area contributed by atoms with Crippen LogP contribution in [0, 0.1) is 5.92 Å². The van der Waals surface area contributed by atoms with Gasteiger partial charge < -0.3 is 10.5 Å². The van der Waals surface area contributed by atoms with E-state index < -0.39 is 0 Å². The van der Waals surface area contributed by atoms with Crippen molar-refractivity contribution in [1.82, 2.24) is 9.88 Å². The van der Waals surface area contributed by atoms with Gasteiger partial charge in [0.2, 0.25) is 0 Å². The van der Waals surface area contributed by atoms with Gasteiger partial charge >= 0.3 is 0 Å². The Balaban J connectivity index is 1.95. The molecule has 0 bridgehead atoms. The third-order valence-electron chi connectivity index (χ3n) is 3.47. The van der Waals surface area contributed by atoms with Crippen molar-refractivity contribution in [1.29, 1.82) is 0 Å². The SMILES string of the molecule is CN(Cc1cccnc1)C(CN)C1CCOC1. The fraction of sp³-hybridized carbons (Fsp3) is 0.615. The molecule has 2 heterocycles. The Hall–Kier alpha value is -0.970. The quantitative estimate of drug-likeness (QED) is 0.823. The minimum atomic E-state index is 0.401. The number of likely N-dealkylation sites (N-methyl/N-ethyl adjacent to an activating group) is 1. The first-order valence-corrected chi connectivity index (χ1v) is 6.18. The summed E-state index contributed by atoms with van der Waals surface area (Å²) in [5.41, 5.74) is 7.12. The van der Waals surface area contributed by atoms with Crippen molar-refractivity contribution in [2.75, 3.05) is 26.8 Å². The molecule has 17 heavy (non-hydrogen) atoms. The minimum Gasteiger partial charge on any atom is -0.381 e. The van der Waals surface area contributed by atoms with Crippen LogP contribution in [-0.4, -0.2) is 42.7 Å². The zero-order valence-corrected chi connectivity index (χ0v) is 10.4. The van der Waals surface area contributed by atoms with Crippen LogP contribution in [0.25, 0.3) is 0 Å². The lowest BCUT2D eigenvalue weighted by Crippen LogP contribution is -2.43. The Kier molecular flexibility index (Phi) is 4.48. The zero-order valence-electron chi connectivity index (χ0n) is 10.4. The summed E-state index contributed by atoms with van der Waals surface area (Å²) in [7, 11) is 2.13. The molecule has 0 aliphatic carbocycles. The Bertz CT molecular complexity index is 325. The second-order valence-corrected chi connectivity index (χ2v) is 4.70. The molecule has 1 aromatic rings. The average Bonchev–Trinajstić information content (AvgIpc) is 2.85. The van der Waals surface area contributed by atoms with Gasteiger partial charge in [-0.15, -0.1) is 0 Å². The Morgan fingerprint density at radius 2 is 2.53 bits per heavy atom. The van der Waals surface area contributed by atoms with Gasteiger partial charge in [-0.1, -0.05) is 6.07 Å². The standard InChI is InChI=1S/C13H21N3O/c1-16(9-11-3-2-5-15-8-11)13(7-14)12-4-6-17-10-12/h2-3,5,8,12-13H,4,6-7,9-10,14H2,1H3. The van der Waals surface area contributed by atoms with Gasteiger partial charge in [-0.2, -0.15) is 0 Å². The third-order valence-corrected chi connectivity index (χ3v) is 3.47. The molecule has 0 saturated carbocycles. The molecule has 1 fully saturated rings. The molecule has 2 N–H and O–H groups in total. The molecule has 2 atom stereocenters. The smallest absolute Gasteiger partial charge is 0.0510 e. The largest absolute Gasteiger partial charge is 0.381 e. The Morgan fingerprint density at radius 1 is 1.65 bits per heavy atom. The Labute approximate surface area is 103 Å². The second-order valence-electron chi connectivity index (χ2n) is 4.70. The third kappa shape index (κ3) is 3.25. The predicted octanol–water partition coefficient (Wildman–Crippen LogP) is 0.877. The first kappa shape index (κ1) is 12.5. The van der Waals surface area contributed by atoms with Crippen molar-refractivity contribution in [2.24, 2.45) is 11.7 Å². The number of hydrogen-bond donors (Lipinski definition) is 1. The summed E-state index contributed by atoms with van der Waals surface area (Å²) in [6.45, 7) is 3.30. The average molecular weight is 235 g/mol. The lowest BCUT2D eigenvalue weighted by Gasteiger charge is -2.31. The van der Waals surface area contributed by atoms with Gasteiger partial charge in [-0.05, 0) is 25.1 Å². The number of nitrogens with two attached hydrogens (primary N) is 1. The molecule has 0 radical (unpaired) electrons. The number of nitrogens with zero attached hydrogens (tertiary/aromatic N) is 2. The maximum absolute atomic E-state index is 5.89. The van der Waals surface area contributed by atoms with Crippen LogP contribution in [0.5, 0.6) is 0 Å². The fourth-order valence-corrected chi connectivity index (χ4v) is 2.49. The van der Waals surface area contributed by atoms with Crippen LogP contribution in [0.4, 0.5) is 0 Å². The van der Waals surface area contributed by atoms with E-state index in [-0.39, 0.29) is 0 Å². The summed E-state index contributed by atoms with van der Waals surface area (Å²) in [4.78, 5) is 6.45. The summed E-state index contributed by atoms with van der Waals surface area (Å²) < 4.78 is 5.45. The van der Waals surface area contributed by atoms with Crippen LogP contribution in [0.2, 0.25) is 0 Å². The van der Waals surface area contributed by atoms with Crippen molar-refractivity contribution in [2.45, 2.75) is 19.0 Å². The Morgan fingerprint density at radius 3 is 3.12 bits per heavy atom. The maximum atomic E-state index is 5.89. The molecule has 4 heteroatoms. The first-order chi connectivity index (χ1) is 8.31. The number of rotatable bonds is 5. The molecule has 2 rings (SSSR count). The summed E-state index contributed by atoms with van der Waals surface area (Å²) in [5, 5.41) is 0. The van der Waals surface area contributed by atoms with Crippen molar-refractivity contribution < 1.29 is 4.74 Å². The summed E-state index contributed by atoms with van der Waals surface area (Å²) >= 11 is 0. The van der Waals surface area contributed by atoms with Crippen molar-refractivity contribution in [3.63, 3.8) is 0 Å². The van der Waals surface area contributed by atoms with Crippen molar-refractivity contribution in [3.8, 4) is 0 Å². The summed E-state index contributed by atoms with van der Waals surface area (Å²) in [5.74, 6) is 0.571. The predicted molar refractivity (Wildman–Crippen MR) is 67.5 cm³/mol. The lowest BCUT2D eigenvalue weighted by molar-refractivity contribution is 0.136. The topological polar surface area (TPSA) is 51.4 Å². The van der Waals surface area contributed by atoms with Gasteiger partial charge in [-0.3, -0.25) is 9.88 Å². The molecular formula is C13H21N3O.